The van der Waals surface area contributed by atoms with Crippen LogP contribution in [0.2, 0.25) is 0 Å². The van der Waals surface area contributed by atoms with Gasteiger partial charge in [0.2, 0.25) is 5.88 Å². The molecule has 0 radical (unpaired) electrons. The molecule has 0 fully saturated rings. The molecule has 1 atom stereocenters. The molecule has 0 unspecified atom stereocenters. The van der Waals surface area contributed by atoms with Crippen molar-refractivity contribution in [1.82, 2.24) is 9.97 Å². The minimum absolute atomic E-state index is 0.00414. The minimum atomic E-state index is -3.99. The maximum absolute atomic E-state index is 14.5. The van der Waals surface area contributed by atoms with Crippen LogP contribution in [0.3, 0.4) is 0 Å². The van der Waals surface area contributed by atoms with Crippen LogP contribution in [0.1, 0.15) is 36.8 Å². The van der Waals surface area contributed by atoms with Crippen LogP contribution in [-0.4, -0.2) is 41.9 Å². The lowest BCUT2D eigenvalue weighted by molar-refractivity contribution is 0.102. The molecule has 0 aliphatic carbocycles. The van der Waals surface area contributed by atoms with E-state index in [1.54, 1.807) is 6.07 Å². The molecule has 0 saturated heterocycles. The second-order valence-corrected chi connectivity index (χ2v) is 9.93. The Balaban J connectivity index is 2.31. The van der Waals surface area contributed by atoms with E-state index in [1.807, 2.05) is 0 Å². The number of hydrogen-bond donors (Lipinski definition) is 2. The van der Waals surface area contributed by atoms with Crippen LogP contribution in [0.25, 0.3) is 0 Å². The monoisotopic (exact) mass is 435 g/mol. The maximum atomic E-state index is 14.5. The summed E-state index contributed by atoms with van der Waals surface area (Å²) in [5.41, 5.74) is 4.54. The fourth-order valence-electron chi connectivity index (χ4n) is 2.50. The predicted molar refractivity (Wildman–Crippen MR) is 108 cm³/mol. The number of nitriles is 1. The summed E-state index contributed by atoms with van der Waals surface area (Å²) >= 11 is 0. The third-order valence-corrected chi connectivity index (χ3v) is 7.07. The third kappa shape index (κ3) is 4.90. The molecular formula is C19H22FN5O4S. The minimum Gasteiger partial charge on any atom is -0.480 e. The van der Waals surface area contributed by atoms with Gasteiger partial charge in [-0.3, -0.25) is 4.79 Å². The number of aromatic nitrogens is 2. The number of carbonyl (C=O) groups is 1. The standard InChI is InChI=1S/C19H22FN5O4S/c1-18(2,10-21)30(27,28)11-19(3,22)13-7-12(5-6-14(13)20)25-17(26)15-8-24-16(29-4)9-23-15/h5-9H,11,22H2,1-4H3,(H,25,26)/t19-/m0/s1. The van der Waals surface area contributed by atoms with Crippen LogP contribution in [0, 0.1) is 17.1 Å². The molecule has 3 N–H and O–H groups in total. The molecule has 0 spiro atoms. The van der Waals surface area contributed by atoms with Crippen LogP contribution < -0.4 is 15.8 Å². The third-order valence-electron chi connectivity index (χ3n) is 4.45. The van der Waals surface area contributed by atoms with Crippen molar-refractivity contribution < 1.29 is 22.3 Å². The highest BCUT2D eigenvalue weighted by atomic mass is 32.2. The zero-order valence-corrected chi connectivity index (χ0v) is 17.7. The van der Waals surface area contributed by atoms with Gasteiger partial charge in [-0.15, -0.1) is 0 Å². The molecule has 0 bridgehead atoms. The maximum Gasteiger partial charge on any atom is 0.275 e. The topological polar surface area (TPSA) is 148 Å². The fourth-order valence-corrected chi connectivity index (χ4v) is 3.94. The molecule has 30 heavy (non-hydrogen) atoms. The Bertz CT molecular complexity index is 1090. The molecule has 1 amide bonds. The highest BCUT2D eigenvalue weighted by molar-refractivity contribution is 7.93. The van der Waals surface area contributed by atoms with Gasteiger partial charge < -0.3 is 15.8 Å². The number of halogens is 1. The Hall–Kier alpha value is -3.10. The molecule has 160 valence electrons. The van der Waals surface area contributed by atoms with Crippen molar-refractivity contribution in [2.45, 2.75) is 31.1 Å². The van der Waals surface area contributed by atoms with Crippen molar-refractivity contribution in [2.75, 3.05) is 18.2 Å². The smallest absolute Gasteiger partial charge is 0.275 e. The number of amides is 1. The Morgan fingerprint density at radius 2 is 1.97 bits per heavy atom. The van der Waals surface area contributed by atoms with Gasteiger partial charge in [-0.25, -0.2) is 22.8 Å². The second kappa shape index (κ2) is 8.33. The first-order chi connectivity index (χ1) is 13.8. The average Bonchev–Trinajstić information content (AvgIpc) is 2.68. The van der Waals surface area contributed by atoms with E-state index < -0.39 is 37.6 Å². The summed E-state index contributed by atoms with van der Waals surface area (Å²) < 4.78 is 42.8. The quantitative estimate of drug-likeness (QED) is 0.668. The summed E-state index contributed by atoms with van der Waals surface area (Å²) in [6.07, 6.45) is 2.48. The van der Waals surface area contributed by atoms with Crippen LogP contribution in [0.5, 0.6) is 5.88 Å². The number of ether oxygens (including phenoxy) is 1. The van der Waals surface area contributed by atoms with E-state index in [1.165, 1.54) is 52.4 Å². The first-order valence-electron chi connectivity index (χ1n) is 8.73. The first kappa shape index (κ1) is 23.2. The molecule has 9 nitrogen and oxygen atoms in total. The molecular weight excluding hydrogens is 413 g/mol. The molecule has 0 aliphatic rings. The number of sulfone groups is 1. The molecule has 11 heteroatoms. The summed E-state index contributed by atoms with van der Waals surface area (Å²) in [5.74, 6) is -1.79. The van der Waals surface area contributed by atoms with Crippen LogP contribution >= 0.6 is 0 Å². The SMILES string of the molecule is COc1cnc(C(=O)Nc2ccc(F)c([C@@](C)(N)CS(=O)(=O)C(C)(C)C#N)c2)cn1. The second-order valence-electron chi connectivity index (χ2n) is 7.39. The van der Waals surface area contributed by atoms with Crippen molar-refractivity contribution >= 4 is 21.4 Å². The van der Waals surface area contributed by atoms with Crippen LogP contribution in [0.15, 0.2) is 30.6 Å². The lowest BCUT2D eigenvalue weighted by Crippen LogP contribution is -2.46. The lowest BCUT2D eigenvalue weighted by atomic mass is 9.94. The van der Waals surface area contributed by atoms with E-state index in [2.05, 4.69) is 15.3 Å². The lowest BCUT2D eigenvalue weighted by Gasteiger charge is -2.29. The molecule has 0 saturated carbocycles. The summed E-state index contributed by atoms with van der Waals surface area (Å²) in [5, 5.41) is 11.7. The van der Waals surface area contributed by atoms with Crippen molar-refractivity contribution in [1.29, 1.82) is 5.26 Å². The largest absolute Gasteiger partial charge is 0.480 e. The van der Waals surface area contributed by atoms with Crippen LogP contribution in [0.4, 0.5) is 10.1 Å². The van der Waals surface area contributed by atoms with Crippen molar-refractivity contribution in [3.05, 3.63) is 47.7 Å². The summed E-state index contributed by atoms with van der Waals surface area (Å²) in [6, 6.07) is 5.34. The average molecular weight is 435 g/mol. The van der Waals surface area contributed by atoms with Gasteiger partial charge in [0.05, 0.1) is 36.9 Å². The van der Waals surface area contributed by atoms with E-state index in [-0.39, 0.29) is 22.8 Å². The molecule has 1 aromatic heterocycles. The van der Waals surface area contributed by atoms with Crippen LogP contribution in [-0.2, 0) is 15.4 Å². The number of carbonyl (C=O) groups excluding carboxylic acids is 1. The zero-order chi connectivity index (χ0) is 22.7. The highest BCUT2D eigenvalue weighted by Gasteiger charge is 2.40. The molecule has 2 rings (SSSR count). The number of methoxy groups -OCH3 is 1. The number of nitrogens with one attached hydrogen (secondary N) is 1. The number of nitrogens with zero attached hydrogens (tertiary/aromatic N) is 3. The molecule has 0 aliphatic heterocycles. The van der Waals surface area contributed by atoms with Gasteiger partial charge in [-0.05, 0) is 39.0 Å². The number of anilines is 1. The normalized spacial score (nSPS) is 13.8. The van der Waals surface area contributed by atoms with Gasteiger partial charge in [0, 0.05) is 11.3 Å². The van der Waals surface area contributed by atoms with E-state index in [4.69, 9.17) is 15.7 Å². The van der Waals surface area contributed by atoms with Gasteiger partial charge in [-0.2, -0.15) is 5.26 Å². The predicted octanol–water partition coefficient (Wildman–Crippen LogP) is 1.77. The van der Waals surface area contributed by atoms with Gasteiger partial charge in [0.25, 0.3) is 5.91 Å². The summed E-state index contributed by atoms with van der Waals surface area (Å²) in [7, 11) is -2.58. The molecule has 1 aromatic carbocycles. The van der Waals surface area contributed by atoms with Gasteiger partial charge >= 0.3 is 0 Å². The number of hydrogen-bond acceptors (Lipinski definition) is 8. The number of benzene rings is 1. The zero-order valence-electron chi connectivity index (χ0n) is 16.9. The Morgan fingerprint density at radius 1 is 1.30 bits per heavy atom. The number of nitrogens with two attached hydrogens (primary N) is 1. The van der Waals surface area contributed by atoms with Gasteiger partial charge in [0.15, 0.2) is 14.6 Å². The van der Waals surface area contributed by atoms with Gasteiger partial charge in [0.1, 0.15) is 11.5 Å². The van der Waals surface area contributed by atoms with E-state index in [0.29, 0.717) is 0 Å². The van der Waals surface area contributed by atoms with E-state index in [9.17, 15) is 17.6 Å². The summed E-state index contributed by atoms with van der Waals surface area (Å²) in [4.78, 5) is 20.1. The highest BCUT2D eigenvalue weighted by Crippen LogP contribution is 2.29. The summed E-state index contributed by atoms with van der Waals surface area (Å²) in [6.45, 7) is 3.85. The Labute approximate surface area is 174 Å². The number of rotatable bonds is 7. The van der Waals surface area contributed by atoms with Crippen molar-refractivity contribution in [2.24, 2.45) is 5.73 Å². The first-order valence-corrected chi connectivity index (χ1v) is 10.4. The van der Waals surface area contributed by atoms with Crippen molar-refractivity contribution in [3.8, 4) is 11.9 Å². The van der Waals surface area contributed by atoms with E-state index in [0.717, 1.165) is 6.07 Å². The molecule has 1 heterocycles. The Kier molecular flexibility index (Phi) is 6.44. The van der Waals surface area contributed by atoms with Gasteiger partial charge in [-0.1, -0.05) is 0 Å². The Morgan fingerprint density at radius 3 is 2.50 bits per heavy atom. The fraction of sp³-hybridized carbons (Fsp3) is 0.368. The van der Waals surface area contributed by atoms with Crippen molar-refractivity contribution in [3.63, 3.8) is 0 Å². The van der Waals surface area contributed by atoms with E-state index >= 15 is 0 Å². The molecule has 2 aromatic rings.